The lowest BCUT2D eigenvalue weighted by molar-refractivity contribution is -0.128. The minimum atomic E-state index is -0.264. The Morgan fingerprint density at radius 1 is 1.19 bits per heavy atom. The number of nitrogens with zero attached hydrogens (tertiary/aromatic N) is 2. The van der Waals surface area contributed by atoms with Crippen LogP contribution >= 0.6 is 24.0 Å². The zero-order valence-corrected chi connectivity index (χ0v) is 18.2. The number of likely N-dealkylation sites (tertiary alicyclic amines) is 1. The molecule has 2 rings (SSSR count). The summed E-state index contributed by atoms with van der Waals surface area (Å²) in [5, 5.41) is 6.39. The molecule has 0 spiro atoms. The Bertz CT molecular complexity index is 578. The van der Waals surface area contributed by atoms with Crippen molar-refractivity contribution in [2.75, 3.05) is 39.3 Å². The third-order valence-corrected chi connectivity index (χ3v) is 4.12. The van der Waals surface area contributed by atoms with E-state index in [1.165, 1.54) is 12.1 Å². The Morgan fingerprint density at radius 2 is 1.89 bits per heavy atom. The third-order valence-electron chi connectivity index (χ3n) is 4.12. The van der Waals surface area contributed by atoms with Crippen LogP contribution in [0.25, 0.3) is 0 Å². The van der Waals surface area contributed by atoms with Gasteiger partial charge >= 0.3 is 0 Å². The Labute approximate surface area is 178 Å². The minimum absolute atomic E-state index is 0. The summed E-state index contributed by atoms with van der Waals surface area (Å²) in [4.78, 5) is 18.3. The first-order valence-electron chi connectivity index (χ1n) is 9.37. The molecule has 0 aromatic heterocycles. The maximum absolute atomic E-state index is 12.8. The molecule has 2 N–H and O–H groups in total. The van der Waals surface area contributed by atoms with Gasteiger partial charge in [-0.3, -0.25) is 4.79 Å². The van der Waals surface area contributed by atoms with Crippen LogP contribution in [0, 0.1) is 5.82 Å². The topological polar surface area (TPSA) is 66.0 Å². The molecule has 0 unspecified atom stereocenters. The second-order valence-electron chi connectivity index (χ2n) is 6.22. The highest BCUT2D eigenvalue weighted by Crippen LogP contribution is 2.11. The highest BCUT2D eigenvalue weighted by molar-refractivity contribution is 14.0. The van der Waals surface area contributed by atoms with Crippen molar-refractivity contribution in [3.8, 4) is 5.75 Å². The Kier molecular flexibility index (Phi) is 11.8. The molecule has 27 heavy (non-hydrogen) atoms. The van der Waals surface area contributed by atoms with Gasteiger partial charge in [-0.1, -0.05) is 0 Å². The molecule has 1 aliphatic heterocycles. The molecule has 1 saturated heterocycles. The van der Waals surface area contributed by atoms with Crippen molar-refractivity contribution in [3.05, 3.63) is 30.1 Å². The van der Waals surface area contributed by atoms with Crippen LogP contribution in [-0.2, 0) is 4.79 Å². The number of aliphatic imine (C=N–C) groups is 1. The molecule has 6 nitrogen and oxygen atoms in total. The number of unbranched alkanes of at least 4 members (excludes halogenated alkanes) is 1. The number of ether oxygens (including phenoxy) is 1. The molecule has 0 aliphatic carbocycles. The van der Waals surface area contributed by atoms with Crippen LogP contribution in [0.1, 0.15) is 32.6 Å². The van der Waals surface area contributed by atoms with Gasteiger partial charge < -0.3 is 20.3 Å². The van der Waals surface area contributed by atoms with Crippen molar-refractivity contribution in [1.29, 1.82) is 0 Å². The van der Waals surface area contributed by atoms with Crippen molar-refractivity contribution >= 4 is 35.8 Å². The van der Waals surface area contributed by atoms with Gasteiger partial charge in [0.25, 0.3) is 0 Å². The van der Waals surface area contributed by atoms with E-state index in [-0.39, 0.29) is 42.2 Å². The fourth-order valence-corrected chi connectivity index (χ4v) is 2.71. The number of amides is 1. The summed E-state index contributed by atoms with van der Waals surface area (Å²) in [6.45, 7) is 5.96. The molecule has 1 aliphatic rings. The van der Waals surface area contributed by atoms with Gasteiger partial charge in [-0.05, 0) is 56.9 Å². The number of halogens is 2. The summed E-state index contributed by atoms with van der Waals surface area (Å²) < 4.78 is 18.4. The normalized spacial score (nSPS) is 13.9. The van der Waals surface area contributed by atoms with Crippen molar-refractivity contribution in [2.45, 2.75) is 32.6 Å². The minimum Gasteiger partial charge on any atom is -0.494 e. The van der Waals surface area contributed by atoms with E-state index in [0.717, 1.165) is 51.9 Å². The van der Waals surface area contributed by atoms with E-state index in [4.69, 9.17) is 4.74 Å². The summed E-state index contributed by atoms with van der Waals surface area (Å²) >= 11 is 0. The van der Waals surface area contributed by atoms with Crippen LogP contribution < -0.4 is 15.4 Å². The number of hydrogen-bond acceptors (Lipinski definition) is 3. The standard InChI is InChI=1S/C19H29FN4O2.HI/c1-2-21-19(23-15-18(25)24-12-4-5-13-24)22-11-3-6-14-26-17-9-7-16(20)8-10-17;/h7-10H,2-6,11-15H2,1H3,(H2,21,22,23);1H. The predicted molar refractivity (Wildman–Crippen MR) is 116 cm³/mol. The quantitative estimate of drug-likeness (QED) is 0.241. The fraction of sp³-hybridized carbons (Fsp3) is 0.579. The van der Waals surface area contributed by atoms with Gasteiger partial charge in [-0.2, -0.15) is 0 Å². The third kappa shape index (κ3) is 9.25. The summed E-state index contributed by atoms with van der Waals surface area (Å²) in [5.74, 6) is 1.17. The average molecular weight is 492 g/mol. The largest absolute Gasteiger partial charge is 0.494 e. The van der Waals surface area contributed by atoms with E-state index in [0.29, 0.717) is 18.3 Å². The Balaban J connectivity index is 0.00000364. The van der Waals surface area contributed by atoms with Crippen molar-refractivity contribution in [1.82, 2.24) is 15.5 Å². The molecule has 0 bridgehead atoms. The SMILES string of the molecule is CCNC(=NCC(=O)N1CCCC1)NCCCCOc1ccc(F)cc1.I. The molecule has 1 fully saturated rings. The van der Waals surface area contributed by atoms with Gasteiger partial charge in [0.05, 0.1) is 6.61 Å². The van der Waals surface area contributed by atoms with E-state index in [1.807, 2.05) is 11.8 Å². The lowest BCUT2D eigenvalue weighted by Crippen LogP contribution is -2.39. The number of guanidine groups is 1. The average Bonchev–Trinajstić information content (AvgIpc) is 3.18. The molecular formula is C19H30FIN4O2. The van der Waals surface area contributed by atoms with E-state index in [1.54, 1.807) is 12.1 Å². The van der Waals surface area contributed by atoms with Gasteiger partial charge in [0.1, 0.15) is 18.1 Å². The van der Waals surface area contributed by atoms with Crippen LogP contribution in [-0.4, -0.2) is 56.1 Å². The van der Waals surface area contributed by atoms with Crippen LogP contribution in [0.2, 0.25) is 0 Å². The van der Waals surface area contributed by atoms with Gasteiger partial charge in [-0.25, -0.2) is 9.38 Å². The molecular weight excluding hydrogens is 462 g/mol. The summed E-state index contributed by atoms with van der Waals surface area (Å²) in [6.07, 6.45) is 3.96. The first-order valence-corrected chi connectivity index (χ1v) is 9.37. The molecule has 0 radical (unpaired) electrons. The molecule has 0 atom stereocenters. The van der Waals surface area contributed by atoms with E-state index >= 15 is 0 Å². The number of carbonyl (C=O) groups excluding carboxylic acids is 1. The molecule has 152 valence electrons. The van der Waals surface area contributed by atoms with Crippen molar-refractivity contribution in [3.63, 3.8) is 0 Å². The number of nitrogens with one attached hydrogen (secondary N) is 2. The lowest BCUT2D eigenvalue weighted by atomic mass is 10.3. The van der Waals surface area contributed by atoms with Crippen LogP contribution in [0.15, 0.2) is 29.3 Å². The Hall–Kier alpha value is -1.58. The molecule has 8 heteroatoms. The van der Waals surface area contributed by atoms with E-state index in [9.17, 15) is 9.18 Å². The van der Waals surface area contributed by atoms with Gasteiger partial charge in [0.15, 0.2) is 5.96 Å². The molecule has 1 heterocycles. The fourth-order valence-electron chi connectivity index (χ4n) is 2.71. The number of rotatable bonds is 9. The monoisotopic (exact) mass is 492 g/mol. The van der Waals surface area contributed by atoms with Gasteiger partial charge in [-0.15, -0.1) is 24.0 Å². The summed E-state index contributed by atoms with van der Waals surface area (Å²) in [7, 11) is 0. The summed E-state index contributed by atoms with van der Waals surface area (Å²) in [6, 6.07) is 6.03. The molecule has 1 aromatic rings. The number of carbonyl (C=O) groups is 1. The summed E-state index contributed by atoms with van der Waals surface area (Å²) in [5.41, 5.74) is 0. The Morgan fingerprint density at radius 3 is 2.56 bits per heavy atom. The van der Waals surface area contributed by atoms with Gasteiger partial charge in [0, 0.05) is 26.2 Å². The second kappa shape index (κ2) is 13.6. The van der Waals surface area contributed by atoms with Gasteiger partial charge in [0.2, 0.25) is 5.91 Å². The first kappa shape index (κ1) is 23.5. The van der Waals surface area contributed by atoms with Crippen LogP contribution in [0.4, 0.5) is 4.39 Å². The molecule has 1 amide bonds. The number of hydrogen-bond donors (Lipinski definition) is 2. The zero-order chi connectivity index (χ0) is 18.6. The second-order valence-corrected chi connectivity index (χ2v) is 6.22. The van der Waals surface area contributed by atoms with Crippen molar-refractivity contribution < 1.29 is 13.9 Å². The van der Waals surface area contributed by atoms with Crippen LogP contribution in [0.5, 0.6) is 5.75 Å². The van der Waals surface area contributed by atoms with E-state index < -0.39 is 0 Å². The van der Waals surface area contributed by atoms with Crippen LogP contribution in [0.3, 0.4) is 0 Å². The maximum Gasteiger partial charge on any atom is 0.244 e. The highest BCUT2D eigenvalue weighted by Gasteiger charge is 2.17. The highest BCUT2D eigenvalue weighted by atomic mass is 127. The lowest BCUT2D eigenvalue weighted by Gasteiger charge is -2.15. The maximum atomic E-state index is 12.8. The smallest absolute Gasteiger partial charge is 0.244 e. The molecule has 1 aromatic carbocycles. The predicted octanol–water partition coefficient (Wildman–Crippen LogP) is 2.78. The number of benzene rings is 1. The zero-order valence-electron chi connectivity index (χ0n) is 15.9. The van der Waals surface area contributed by atoms with E-state index in [2.05, 4.69) is 15.6 Å². The molecule has 0 saturated carbocycles. The first-order chi connectivity index (χ1) is 12.7. The van der Waals surface area contributed by atoms with Crippen molar-refractivity contribution in [2.24, 2.45) is 4.99 Å².